The van der Waals surface area contributed by atoms with Crippen LogP contribution in [-0.4, -0.2) is 71.6 Å². The van der Waals surface area contributed by atoms with Crippen LogP contribution < -0.4 is 20.7 Å². The molecule has 2 amide bonds. The number of hydrogen-bond donors (Lipinski definition) is 2. The van der Waals surface area contributed by atoms with Crippen LogP contribution in [-0.2, 0) is 25.8 Å². The van der Waals surface area contributed by atoms with Crippen molar-refractivity contribution in [3.05, 3.63) is 47.3 Å². The van der Waals surface area contributed by atoms with E-state index in [9.17, 15) is 19.5 Å². The summed E-state index contributed by atoms with van der Waals surface area (Å²) in [5.41, 5.74) is 7.37. The smallest absolute Gasteiger partial charge is 0.307 e. The van der Waals surface area contributed by atoms with Gasteiger partial charge in [-0.1, -0.05) is 10.3 Å². The zero-order valence-corrected chi connectivity index (χ0v) is 20.6. The van der Waals surface area contributed by atoms with Crippen molar-refractivity contribution in [3.8, 4) is 0 Å². The number of carboxylic acids is 1. The Kier molecular flexibility index (Phi) is 6.05. The molecule has 0 spiro atoms. The molecule has 0 aliphatic carbocycles. The number of carboxylic acid groups (broad SMARTS) is 1. The number of rotatable bonds is 7. The second-order valence-electron chi connectivity index (χ2n) is 7.94. The number of hydrogen-bond acceptors (Lipinski definition) is 12. The largest absolute Gasteiger partial charge is 0.543 e. The molecule has 2 atom stereocenters. The van der Waals surface area contributed by atoms with Gasteiger partial charge in [-0.3, -0.25) is 14.5 Å². The summed E-state index contributed by atoms with van der Waals surface area (Å²) in [6.45, 7) is 2.14. The second-order valence-corrected chi connectivity index (χ2v) is 9.83. The average Bonchev–Trinajstić information content (AvgIpc) is 3.46. The number of anilines is 1. The second kappa shape index (κ2) is 9.19. The van der Waals surface area contributed by atoms with Gasteiger partial charge in [-0.2, -0.15) is 9.36 Å². The lowest BCUT2D eigenvalue weighted by Gasteiger charge is -2.50. The van der Waals surface area contributed by atoms with Crippen LogP contribution in [0.5, 0.6) is 0 Å². The third-order valence-corrected chi connectivity index (χ3v) is 7.48. The third kappa shape index (κ3) is 4.03. The maximum atomic E-state index is 13.0. The van der Waals surface area contributed by atoms with Crippen molar-refractivity contribution >= 4 is 57.6 Å². The number of amides is 2. The summed E-state index contributed by atoms with van der Waals surface area (Å²) in [7, 11) is 1.25. The molecule has 5 rings (SSSR count). The minimum Gasteiger partial charge on any atom is -0.543 e. The molecule has 2 aliphatic rings. The molecule has 36 heavy (non-hydrogen) atoms. The van der Waals surface area contributed by atoms with Crippen LogP contribution in [0.1, 0.15) is 11.4 Å². The van der Waals surface area contributed by atoms with Crippen LogP contribution in [0.3, 0.4) is 0 Å². The third-order valence-electron chi connectivity index (χ3n) is 5.60. The van der Waals surface area contributed by atoms with E-state index in [-0.39, 0.29) is 28.9 Å². The Hall–Kier alpha value is -4.05. The van der Waals surface area contributed by atoms with Gasteiger partial charge in [0.1, 0.15) is 31.3 Å². The Balaban J connectivity index is 1.38. The molecular formula is C20H19N9O5S2. The van der Waals surface area contributed by atoms with Gasteiger partial charge < -0.3 is 25.8 Å². The molecule has 3 aromatic rings. The summed E-state index contributed by atoms with van der Waals surface area (Å²) < 4.78 is 7.47. The van der Waals surface area contributed by atoms with Gasteiger partial charge in [0.25, 0.3) is 11.8 Å². The van der Waals surface area contributed by atoms with E-state index >= 15 is 0 Å². The van der Waals surface area contributed by atoms with Gasteiger partial charge in [0.2, 0.25) is 11.5 Å². The fourth-order valence-electron chi connectivity index (χ4n) is 4.02. The quantitative estimate of drug-likeness (QED) is 0.148. The lowest BCUT2D eigenvalue weighted by Crippen LogP contribution is -2.71. The lowest BCUT2D eigenvalue weighted by molar-refractivity contribution is -0.662. The van der Waals surface area contributed by atoms with Crippen LogP contribution in [0.4, 0.5) is 5.13 Å². The van der Waals surface area contributed by atoms with Gasteiger partial charge in [-0.15, -0.1) is 16.3 Å². The predicted molar refractivity (Wildman–Crippen MR) is 125 cm³/mol. The highest BCUT2D eigenvalue weighted by molar-refractivity contribution is 8.00. The van der Waals surface area contributed by atoms with E-state index in [0.717, 1.165) is 27.6 Å². The van der Waals surface area contributed by atoms with E-state index in [2.05, 4.69) is 24.9 Å². The number of imidazole rings is 1. The van der Waals surface area contributed by atoms with E-state index in [1.54, 1.807) is 23.1 Å². The van der Waals surface area contributed by atoms with Crippen molar-refractivity contribution in [2.24, 2.45) is 5.16 Å². The fraction of sp³-hybridized carbons (Fsp3) is 0.300. The van der Waals surface area contributed by atoms with E-state index in [4.69, 9.17) is 10.6 Å². The highest BCUT2D eigenvalue weighted by Crippen LogP contribution is 2.40. The Morgan fingerprint density at radius 1 is 1.44 bits per heavy atom. The number of thioether (sulfide) groups is 1. The molecular weight excluding hydrogens is 510 g/mol. The monoisotopic (exact) mass is 529 g/mol. The molecule has 0 unspecified atom stereocenters. The van der Waals surface area contributed by atoms with Crippen molar-refractivity contribution in [2.45, 2.75) is 24.9 Å². The molecule has 2 aliphatic heterocycles. The van der Waals surface area contributed by atoms with E-state index in [1.165, 1.54) is 18.9 Å². The minimum atomic E-state index is -1.46. The summed E-state index contributed by atoms with van der Waals surface area (Å²) in [5.74, 6) is -2.52. The number of oxime groups is 1. The summed E-state index contributed by atoms with van der Waals surface area (Å²) in [6, 6.07) is 0.946. The van der Waals surface area contributed by atoms with Gasteiger partial charge in [0, 0.05) is 28.9 Å². The predicted octanol–water partition coefficient (Wildman–Crippen LogP) is -2.18. The topological polar surface area (TPSA) is 184 Å². The number of nitrogens with two attached hydrogens (primary N) is 1. The Bertz CT molecular complexity index is 1460. The zero-order valence-electron chi connectivity index (χ0n) is 18.9. The standard InChI is InChI=1S/C20H19N9O5S2/c1-9-5-11-27(3-4-28(11)22-6-9)7-10-8-35-18-13(17(31)29(18)14(10)19(32)33)23-16(30)12(25-34-2)15-24-20(21)36-26-15/h3-6,13,18H,7-8H2,1-2H3,(H3-,21,23,24,26,30,32,33)/b25-12-/t13-,18-/m1/s1. The summed E-state index contributed by atoms with van der Waals surface area (Å²) in [5, 5.41) is 22.1. The van der Waals surface area contributed by atoms with Crippen molar-refractivity contribution in [2.75, 3.05) is 18.6 Å². The molecule has 1 fully saturated rings. The molecule has 1 saturated heterocycles. The summed E-state index contributed by atoms with van der Waals surface area (Å²) in [6.07, 6.45) is 5.27. The molecule has 3 aromatic heterocycles. The van der Waals surface area contributed by atoms with Gasteiger partial charge in [-0.05, 0) is 12.5 Å². The van der Waals surface area contributed by atoms with Crippen molar-refractivity contribution in [1.29, 1.82) is 0 Å². The van der Waals surface area contributed by atoms with Gasteiger partial charge in [0.05, 0.1) is 17.9 Å². The molecule has 0 aromatic carbocycles. The van der Waals surface area contributed by atoms with Crippen LogP contribution in [0.2, 0.25) is 0 Å². The molecule has 0 saturated carbocycles. The lowest BCUT2D eigenvalue weighted by atomic mass is 10.0. The Labute approximate surface area is 211 Å². The van der Waals surface area contributed by atoms with E-state index < -0.39 is 29.2 Å². The molecule has 5 heterocycles. The zero-order chi connectivity index (χ0) is 25.6. The highest BCUT2D eigenvalue weighted by atomic mass is 32.2. The number of aromatic nitrogens is 5. The average molecular weight is 530 g/mol. The van der Waals surface area contributed by atoms with Gasteiger partial charge in [-0.25, -0.2) is 4.57 Å². The number of nitrogen functional groups attached to an aromatic ring is 1. The molecule has 3 N–H and O–H groups in total. The highest BCUT2D eigenvalue weighted by Gasteiger charge is 2.53. The van der Waals surface area contributed by atoms with Crippen LogP contribution in [0, 0.1) is 6.92 Å². The minimum absolute atomic E-state index is 0.0454. The Morgan fingerprint density at radius 2 is 2.25 bits per heavy atom. The maximum absolute atomic E-state index is 13.0. The van der Waals surface area contributed by atoms with Crippen LogP contribution in [0.15, 0.2) is 41.1 Å². The van der Waals surface area contributed by atoms with Crippen molar-refractivity contribution in [1.82, 2.24) is 29.2 Å². The van der Waals surface area contributed by atoms with Crippen molar-refractivity contribution < 1.29 is 28.9 Å². The number of nitrogens with zero attached hydrogens (tertiary/aromatic N) is 7. The summed E-state index contributed by atoms with van der Waals surface area (Å²) >= 11 is 2.21. The van der Waals surface area contributed by atoms with Gasteiger partial charge >= 0.3 is 5.65 Å². The SMILES string of the molecule is CO/N=C(\C(=O)N[C@@H]1C(=O)N2C(C(=O)[O-])=C(C[n+]3ccn4ncc(C)cc43)CS[C@H]12)c1nsc(N)n1. The number of aryl methyl sites for hydroxylation is 1. The number of carbonyl (C=O) groups is 3. The van der Waals surface area contributed by atoms with Crippen LogP contribution in [0.25, 0.3) is 5.65 Å². The number of nitrogens with one attached hydrogen (secondary N) is 1. The fourth-order valence-corrected chi connectivity index (χ4v) is 5.79. The molecule has 0 radical (unpaired) electrons. The maximum Gasteiger partial charge on any atom is 0.307 e. The molecule has 14 nitrogen and oxygen atoms in total. The number of β-lactam (4-membered cyclic amide) rings is 1. The first-order valence-electron chi connectivity index (χ1n) is 10.5. The molecule has 186 valence electrons. The van der Waals surface area contributed by atoms with Gasteiger partial charge in [0.15, 0.2) is 11.3 Å². The first-order valence-corrected chi connectivity index (χ1v) is 12.3. The number of carbonyl (C=O) groups excluding carboxylic acids is 3. The number of aliphatic carboxylic acids is 1. The summed E-state index contributed by atoms with van der Waals surface area (Å²) in [4.78, 5) is 47.7. The van der Waals surface area contributed by atoms with E-state index in [1.807, 2.05) is 17.6 Å². The first kappa shape index (κ1) is 23.7. The van der Waals surface area contributed by atoms with Crippen molar-refractivity contribution in [3.63, 3.8) is 0 Å². The normalized spacial score (nSPS) is 19.8. The molecule has 16 heteroatoms. The van der Waals surface area contributed by atoms with E-state index in [0.29, 0.717) is 11.3 Å². The van der Waals surface area contributed by atoms with Crippen LogP contribution >= 0.6 is 23.3 Å². The molecule has 0 bridgehead atoms. The Morgan fingerprint density at radius 3 is 2.94 bits per heavy atom. The number of fused-ring (bicyclic) bond motifs is 2. The first-order chi connectivity index (χ1) is 17.3.